The fourth-order valence-corrected chi connectivity index (χ4v) is 3.89. The van der Waals surface area contributed by atoms with E-state index in [1.54, 1.807) is 0 Å². The van der Waals surface area contributed by atoms with Crippen LogP contribution in [0.25, 0.3) is 0 Å². The van der Waals surface area contributed by atoms with E-state index in [1.165, 1.54) is 16.4 Å². The number of nitro groups is 1. The second-order valence-corrected chi connectivity index (χ2v) is 6.45. The number of nitrogens with one attached hydrogen (secondary N) is 1. The quantitative estimate of drug-likeness (QED) is 0.487. The first-order valence-corrected chi connectivity index (χ1v) is 7.66. The number of sulfonamides is 1. The minimum absolute atomic E-state index is 0.154. The maximum atomic E-state index is 12.5. The Hall–Kier alpha value is -1.71. The summed E-state index contributed by atoms with van der Waals surface area (Å²) in [7, 11) is -3.77. The van der Waals surface area contributed by atoms with Gasteiger partial charge in [-0.1, -0.05) is 6.42 Å². The third kappa shape index (κ3) is 2.74. The van der Waals surface area contributed by atoms with Crippen LogP contribution in [0.1, 0.15) is 19.3 Å². The van der Waals surface area contributed by atoms with Crippen LogP contribution in [0.4, 0.5) is 11.4 Å². The zero-order valence-corrected chi connectivity index (χ0v) is 11.6. The number of rotatable bonds is 4. The van der Waals surface area contributed by atoms with Gasteiger partial charge in [0.1, 0.15) is 4.90 Å². The second-order valence-electron chi connectivity index (χ2n) is 4.55. The smallest absolute Gasteiger partial charge is 0.270 e. The Kier molecular flexibility index (Phi) is 4.21. The molecule has 110 valence electrons. The van der Waals surface area contributed by atoms with Gasteiger partial charge in [0, 0.05) is 25.2 Å². The number of piperidine rings is 1. The van der Waals surface area contributed by atoms with Crippen LogP contribution in [0.15, 0.2) is 23.1 Å². The first-order valence-electron chi connectivity index (χ1n) is 6.22. The van der Waals surface area contributed by atoms with E-state index in [9.17, 15) is 18.5 Å². The highest BCUT2D eigenvalue weighted by Crippen LogP contribution is 2.29. The Morgan fingerprint density at radius 3 is 2.45 bits per heavy atom. The molecule has 9 heteroatoms. The molecule has 0 atom stereocenters. The van der Waals surface area contributed by atoms with Gasteiger partial charge in [0.05, 0.1) is 10.6 Å². The maximum absolute atomic E-state index is 12.5. The summed E-state index contributed by atoms with van der Waals surface area (Å²) in [5, 5.41) is 10.8. The zero-order valence-electron chi connectivity index (χ0n) is 10.8. The molecular weight excluding hydrogens is 284 g/mol. The largest absolute Gasteiger partial charge is 0.323 e. The summed E-state index contributed by atoms with van der Waals surface area (Å²) in [5.41, 5.74) is 2.15. The number of nitrogens with zero attached hydrogens (tertiary/aromatic N) is 2. The van der Waals surface area contributed by atoms with Crippen molar-refractivity contribution in [3.05, 3.63) is 28.3 Å². The van der Waals surface area contributed by atoms with Crippen LogP contribution in [-0.2, 0) is 10.0 Å². The molecule has 0 aliphatic carbocycles. The van der Waals surface area contributed by atoms with Gasteiger partial charge in [-0.15, -0.1) is 0 Å². The Balaban J connectivity index is 2.48. The van der Waals surface area contributed by atoms with Gasteiger partial charge in [-0.25, -0.2) is 8.42 Å². The summed E-state index contributed by atoms with van der Waals surface area (Å²) >= 11 is 0. The third-order valence-corrected chi connectivity index (χ3v) is 5.20. The van der Waals surface area contributed by atoms with Gasteiger partial charge >= 0.3 is 0 Å². The zero-order chi connectivity index (χ0) is 14.8. The second kappa shape index (κ2) is 5.73. The molecule has 2 rings (SSSR count). The molecule has 0 saturated carbocycles. The van der Waals surface area contributed by atoms with Crippen LogP contribution in [-0.4, -0.2) is 30.7 Å². The molecule has 0 aromatic heterocycles. The molecule has 1 aliphatic rings. The van der Waals surface area contributed by atoms with Crippen molar-refractivity contribution >= 4 is 21.4 Å². The van der Waals surface area contributed by atoms with Crippen molar-refractivity contribution in [3.63, 3.8) is 0 Å². The highest BCUT2D eigenvalue weighted by Gasteiger charge is 2.29. The van der Waals surface area contributed by atoms with E-state index in [4.69, 9.17) is 5.84 Å². The third-order valence-electron chi connectivity index (χ3n) is 3.26. The molecule has 3 N–H and O–H groups in total. The summed E-state index contributed by atoms with van der Waals surface area (Å²) in [5.74, 6) is 5.30. The van der Waals surface area contributed by atoms with Crippen LogP contribution in [0.3, 0.4) is 0 Å². The molecule has 0 radical (unpaired) electrons. The van der Waals surface area contributed by atoms with E-state index in [-0.39, 0.29) is 16.3 Å². The molecule has 0 amide bonds. The number of hydrogen-bond donors (Lipinski definition) is 2. The Morgan fingerprint density at radius 2 is 1.90 bits per heavy atom. The van der Waals surface area contributed by atoms with Crippen LogP contribution < -0.4 is 11.3 Å². The molecule has 1 aliphatic heterocycles. The first-order chi connectivity index (χ1) is 9.46. The fourth-order valence-electron chi connectivity index (χ4n) is 2.20. The number of benzene rings is 1. The van der Waals surface area contributed by atoms with Crippen molar-refractivity contribution in [1.29, 1.82) is 0 Å². The highest BCUT2D eigenvalue weighted by molar-refractivity contribution is 7.89. The molecule has 0 bridgehead atoms. The van der Waals surface area contributed by atoms with Gasteiger partial charge in [-0.2, -0.15) is 4.31 Å². The average Bonchev–Trinajstić information content (AvgIpc) is 2.47. The average molecular weight is 300 g/mol. The summed E-state index contributed by atoms with van der Waals surface area (Å²) in [6.07, 6.45) is 2.57. The summed E-state index contributed by atoms with van der Waals surface area (Å²) < 4.78 is 26.4. The molecule has 1 saturated heterocycles. The molecule has 0 unspecified atom stereocenters. The van der Waals surface area contributed by atoms with Crippen molar-refractivity contribution in [1.82, 2.24) is 4.31 Å². The molecule has 1 heterocycles. The molecular formula is C11H16N4O4S. The maximum Gasteiger partial charge on any atom is 0.270 e. The van der Waals surface area contributed by atoms with Crippen LogP contribution in [0.2, 0.25) is 0 Å². The summed E-state index contributed by atoms with van der Waals surface area (Å²) in [6, 6.07) is 3.55. The molecule has 20 heavy (non-hydrogen) atoms. The highest BCUT2D eigenvalue weighted by atomic mass is 32.2. The van der Waals surface area contributed by atoms with E-state index in [1.807, 2.05) is 0 Å². The number of hydrazine groups is 1. The van der Waals surface area contributed by atoms with Gasteiger partial charge in [-0.05, 0) is 18.9 Å². The van der Waals surface area contributed by atoms with Gasteiger partial charge in [-0.3, -0.25) is 16.0 Å². The van der Waals surface area contributed by atoms with Crippen molar-refractivity contribution in [2.24, 2.45) is 5.84 Å². The first kappa shape index (κ1) is 14.7. The van der Waals surface area contributed by atoms with E-state index in [0.717, 1.165) is 25.3 Å². The standard InChI is InChI=1S/C11H16N4O4S/c12-13-10-5-4-9(15(16)17)8-11(10)20(18,19)14-6-2-1-3-7-14/h4-5,8,13H,1-3,6-7,12H2. The molecule has 1 aromatic rings. The lowest BCUT2D eigenvalue weighted by Gasteiger charge is -2.26. The lowest BCUT2D eigenvalue weighted by atomic mass is 10.2. The van der Waals surface area contributed by atoms with Gasteiger partial charge in [0.15, 0.2) is 0 Å². The van der Waals surface area contributed by atoms with Crippen molar-refractivity contribution in [2.45, 2.75) is 24.2 Å². The molecule has 1 aromatic carbocycles. The van der Waals surface area contributed by atoms with Crippen LogP contribution >= 0.6 is 0 Å². The Bertz CT molecular complexity index is 611. The minimum Gasteiger partial charge on any atom is -0.323 e. The van der Waals surface area contributed by atoms with E-state index >= 15 is 0 Å². The predicted octanol–water partition coefficient (Wildman–Crippen LogP) is 1.05. The lowest BCUT2D eigenvalue weighted by Crippen LogP contribution is -2.36. The van der Waals surface area contributed by atoms with Crippen molar-refractivity contribution in [2.75, 3.05) is 18.5 Å². The van der Waals surface area contributed by atoms with E-state index < -0.39 is 14.9 Å². The molecule has 8 nitrogen and oxygen atoms in total. The van der Waals surface area contributed by atoms with Crippen LogP contribution in [0, 0.1) is 10.1 Å². The number of nitro benzene ring substituents is 1. The summed E-state index contributed by atoms with van der Waals surface area (Å²) in [4.78, 5) is 10.0. The number of non-ortho nitro benzene ring substituents is 1. The number of hydrogen-bond acceptors (Lipinski definition) is 6. The Labute approximate surface area is 116 Å². The topological polar surface area (TPSA) is 119 Å². The number of nitrogens with two attached hydrogens (primary N) is 1. The Morgan fingerprint density at radius 1 is 1.25 bits per heavy atom. The van der Waals surface area contributed by atoms with Crippen molar-refractivity contribution in [3.8, 4) is 0 Å². The van der Waals surface area contributed by atoms with Crippen LogP contribution in [0.5, 0.6) is 0 Å². The number of anilines is 1. The van der Waals surface area contributed by atoms with E-state index in [0.29, 0.717) is 13.1 Å². The number of nitrogen functional groups attached to an aromatic ring is 1. The monoisotopic (exact) mass is 300 g/mol. The molecule has 1 fully saturated rings. The fraction of sp³-hybridized carbons (Fsp3) is 0.455. The predicted molar refractivity (Wildman–Crippen MR) is 73.5 cm³/mol. The van der Waals surface area contributed by atoms with E-state index in [2.05, 4.69) is 5.43 Å². The molecule has 0 spiro atoms. The SMILES string of the molecule is NNc1ccc([N+](=O)[O-])cc1S(=O)(=O)N1CCCCC1. The normalized spacial score (nSPS) is 16.9. The van der Waals surface area contributed by atoms with Gasteiger partial charge in [0.25, 0.3) is 5.69 Å². The van der Waals surface area contributed by atoms with Gasteiger partial charge in [0.2, 0.25) is 10.0 Å². The summed E-state index contributed by atoms with van der Waals surface area (Å²) in [6.45, 7) is 0.851. The van der Waals surface area contributed by atoms with Crippen molar-refractivity contribution < 1.29 is 13.3 Å². The lowest BCUT2D eigenvalue weighted by molar-refractivity contribution is -0.385. The minimum atomic E-state index is -3.77. The van der Waals surface area contributed by atoms with Gasteiger partial charge < -0.3 is 5.43 Å².